The summed E-state index contributed by atoms with van der Waals surface area (Å²) in [5.74, 6) is 1.61. The van der Waals surface area contributed by atoms with E-state index in [2.05, 4.69) is 15.3 Å². The van der Waals surface area contributed by atoms with Gasteiger partial charge in [-0.15, -0.1) is 0 Å². The van der Waals surface area contributed by atoms with Crippen LogP contribution in [0.3, 0.4) is 0 Å². The third-order valence-corrected chi connectivity index (χ3v) is 4.46. The van der Waals surface area contributed by atoms with E-state index in [0.717, 1.165) is 37.6 Å². The molecular weight excluding hydrogens is 332 g/mol. The molecule has 0 radical (unpaired) electrons. The smallest absolute Gasteiger partial charge is 0.250 e. The summed E-state index contributed by atoms with van der Waals surface area (Å²) in [6.45, 7) is 3.28. The molecule has 1 N–H and O–H groups in total. The van der Waals surface area contributed by atoms with Crippen LogP contribution in [0.4, 0.5) is 11.6 Å². The molecule has 0 spiro atoms. The van der Waals surface area contributed by atoms with Crippen molar-refractivity contribution in [1.29, 1.82) is 0 Å². The molecule has 2 aromatic rings. The molecule has 0 unspecified atom stereocenters. The van der Waals surface area contributed by atoms with Crippen LogP contribution in [-0.2, 0) is 11.3 Å². The number of hydrogen-bond acceptors (Lipinski definition) is 6. The molecule has 1 aliphatic heterocycles. The molecule has 0 atom stereocenters. The van der Waals surface area contributed by atoms with Crippen LogP contribution in [0.5, 0.6) is 0 Å². The summed E-state index contributed by atoms with van der Waals surface area (Å²) in [5.41, 5.74) is 0.0302. The second-order valence-electron chi connectivity index (χ2n) is 6.36. The number of piperazine rings is 1. The van der Waals surface area contributed by atoms with Gasteiger partial charge in [0.1, 0.15) is 18.0 Å². The predicted molar refractivity (Wildman–Crippen MR) is 100 cm³/mol. The Labute approximate surface area is 152 Å². The quantitative estimate of drug-likeness (QED) is 0.739. The number of nitrogens with zero attached hydrogens (tertiary/aromatic N) is 5. The van der Waals surface area contributed by atoms with Crippen molar-refractivity contribution in [1.82, 2.24) is 19.4 Å². The van der Waals surface area contributed by atoms with Crippen LogP contribution < -0.4 is 15.8 Å². The van der Waals surface area contributed by atoms with Crippen molar-refractivity contribution in [2.45, 2.75) is 19.4 Å². The topological polar surface area (TPSA) is 83.4 Å². The highest BCUT2D eigenvalue weighted by molar-refractivity contribution is 5.82. The summed E-state index contributed by atoms with van der Waals surface area (Å²) in [7, 11) is 1.82. The van der Waals surface area contributed by atoms with Gasteiger partial charge in [0, 0.05) is 51.6 Å². The molecule has 1 amide bonds. The third-order valence-electron chi connectivity index (χ3n) is 4.46. The van der Waals surface area contributed by atoms with Crippen LogP contribution in [0.1, 0.15) is 12.8 Å². The second-order valence-corrected chi connectivity index (χ2v) is 6.36. The first-order chi connectivity index (χ1) is 12.6. The molecule has 138 valence electrons. The minimum absolute atomic E-state index is 0.0302. The van der Waals surface area contributed by atoms with Crippen LogP contribution in [0.15, 0.2) is 41.6 Å². The summed E-state index contributed by atoms with van der Waals surface area (Å²) in [5, 5.41) is 3.28. The molecule has 1 aliphatic rings. The van der Waals surface area contributed by atoms with Gasteiger partial charge in [0.25, 0.3) is 0 Å². The first-order valence-electron chi connectivity index (χ1n) is 8.84. The normalized spacial score (nSPS) is 14.6. The molecule has 1 saturated heterocycles. The molecule has 8 nitrogen and oxygen atoms in total. The number of nitrogens with one attached hydrogen (secondary N) is 1. The molecule has 3 heterocycles. The zero-order valence-electron chi connectivity index (χ0n) is 15.0. The van der Waals surface area contributed by atoms with Crippen molar-refractivity contribution >= 4 is 17.5 Å². The Morgan fingerprint density at radius 1 is 1.15 bits per heavy atom. The van der Waals surface area contributed by atoms with Crippen molar-refractivity contribution in [3.05, 3.63) is 47.1 Å². The van der Waals surface area contributed by atoms with Gasteiger partial charge >= 0.3 is 0 Å². The number of carbonyl (C=O) groups excluding carboxylic acids is 1. The average molecular weight is 356 g/mol. The lowest BCUT2D eigenvalue weighted by Gasteiger charge is -2.32. The molecule has 0 saturated carbocycles. The number of hydrogen-bond donors (Lipinski definition) is 1. The Kier molecular flexibility index (Phi) is 5.83. The summed E-state index contributed by atoms with van der Waals surface area (Å²) in [6, 6.07) is 7.07. The van der Waals surface area contributed by atoms with Crippen molar-refractivity contribution in [2.24, 2.45) is 0 Å². The summed E-state index contributed by atoms with van der Waals surface area (Å²) in [4.78, 5) is 35.7. The van der Waals surface area contributed by atoms with E-state index in [1.807, 2.05) is 30.3 Å². The van der Waals surface area contributed by atoms with Gasteiger partial charge in [0.15, 0.2) is 0 Å². The number of carbonyl (C=O) groups is 1. The molecule has 3 rings (SSSR count). The Balaban J connectivity index is 1.46. The lowest BCUT2D eigenvalue weighted by Crippen LogP contribution is -2.48. The number of aromatic nitrogens is 3. The fourth-order valence-corrected chi connectivity index (χ4v) is 2.84. The summed E-state index contributed by atoms with van der Waals surface area (Å²) < 4.78 is 1.72. The summed E-state index contributed by atoms with van der Waals surface area (Å²) >= 11 is 0. The summed E-state index contributed by atoms with van der Waals surface area (Å²) in [6.07, 6.45) is 5.16. The van der Waals surface area contributed by atoms with E-state index < -0.39 is 0 Å². The van der Waals surface area contributed by atoms with E-state index in [1.165, 1.54) is 6.33 Å². The van der Waals surface area contributed by atoms with Gasteiger partial charge in [0.05, 0.1) is 6.54 Å². The molecule has 0 aromatic carbocycles. The molecule has 1 fully saturated rings. The average Bonchev–Trinajstić information content (AvgIpc) is 2.65. The lowest BCUT2D eigenvalue weighted by molar-refractivity contribution is -0.129. The number of likely N-dealkylation sites (N-methyl/N-ethyl adjacent to an activating group) is 1. The maximum absolute atomic E-state index is 11.8. The van der Waals surface area contributed by atoms with Crippen LogP contribution >= 0.6 is 0 Å². The van der Waals surface area contributed by atoms with Crippen LogP contribution in [0.25, 0.3) is 0 Å². The van der Waals surface area contributed by atoms with Gasteiger partial charge in [0.2, 0.25) is 11.5 Å². The fraction of sp³-hybridized carbons (Fsp3) is 0.444. The second kappa shape index (κ2) is 8.46. The van der Waals surface area contributed by atoms with E-state index in [0.29, 0.717) is 19.6 Å². The van der Waals surface area contributed by atoms with Crippen LogP contribution in [-0.4, -0.2) is 58.6 Å². The van der Waals surface area contributed by atoms with E-state index in [-0.39, 0.29) is 11.5 Å². The maximum Gasteiger partial charge on any atom is 0.250 e. The molecular formula is C18H24N6O2. The number of rotatable bonds is 7. The molecule has 0 bridgehead atoms. The lowest BCUT2D eigenvalue weighted by atomic mass is 10.3. The fourth-order valence-electron chi connectivity index (χ4n) is 2.84. The van der Waals surface area contributed by atoms with Gasteiger partial charge < -0.3 is 19.7 Å². The standard InChI is InChI=1S/C18H24N6O2/c1-22-10-11-24(13-18(22)26)16-12-15(20-14-21-16)19-7-3-5-9-23-8-4-2-6-17(23)25/h2,4,6,8,12,14H,3,5,7,9-11,13H2,1H3,(H,19,20,21). The Hall–Kier alpha value is -2.90. The Morgan fingerprint density at radius 2 is 2.04 bits per heavy atom. The van der Waals surface area contributed by atoms with E-state index in [1.54, 1.807) is 21.6 Å². The van der Waals surface area contributed by atoms with Crippen LogP contribution in [0.2, 0.25) is 0 Å². The molecule has 26 heavy (non-hydrogen) atoms. The molecule has 8 heteroatoms. The minimum Gasteiger partial charge on any atom is -0.370 e. The first-order valence-corrected chi connectivity index (χ1v) is 8.84. The highest BCUT2D eigenvalue weighted by Crippen LogP contribution is 2.16. The predicted octanol–water partition coefficient (Wildman–Crippen LogP) is 0.809. The number of pyridine rings is 1. The SMILES string of the molecule is CN1CCN(c2cc(NCCCCn3ccccc3=O)ncn2)CC1=O. The van der Waals surface area contributed by atoms with Gasteiger partial charge in [-0.25, -0.2) is 9.97 Å². The van der Waals surface area contributed by atoms with E-state index >= 15 is 0 Å². The van der Waals surface area contributed by atoms with Gasteiger partial charge in [-0.3, -0.25) is 9.59 Å². The van der Waals surface area contributed by atoms with Crippen molar-refractivity contribution in [3.8, 4) is 0 Å². The third kappa shape index (κ3) is 4.59. The highest BCUT2D eigenvalue weighted by Gasteiger charge is 2.22. The number of anilines is 2. The largest absolute Gasteiger partial charge is 0.370 e. The van der Waals surface area contributed by atoms with Crippen molar-refractivity contribution in [2.75, 3.05) is 43.4 Å². The molecule has 2 aromatic heterocycles. The monoisotopic (exact) mass is 356 g/mol. The van der Waals surface area contributed by atoms with Gasteiger partial charge in [-0.2, -0.15) is 0 Å². The number of aryl methyl sites for hydroxylation is 1. The zero-order valence-corrected chi connectivity index (χ0v) is 15.0. The van der Waals surface area contributed by atoms with Crippen molar-refractivity contribution in [3.63, 3.8) is 0 Å². The maximum atomic E-state index is 11.8. The number of unbranched alkanes of at least 4 members (excludes halogenated alkanes) is 1. The van der Waals surface area contributed by atoms with E-state index in [9.17, 15) is 9.59 Å². The number of amides is 1. The Bertz CT molecular complexity index is 806. The van der Waals surface area contributed by atoms with Crippen LogP contribution in [0, 0.1) is 0 Å². The minimum atomic E-state index is 0.0302. The van der Waals surface area contributed by atoms with Gasteiger partial charge in [-0.05, 0) is 18.9 Å². The van der Waals surface area contributed by atoms with Crippen molar-refractivity contribution < 1.29 is 4.79 Å². The Morgan fingerprint density at radius 3 is 2.85 bits per heavy atom. The highest BCUT2D eigenvalue weighted by atomic mass is 16.2. The zero-order chi connectivity index (χ0) is 18.4. The first kappa shape index (κ1) is 17.9. The van der Waals surface area contributed by atoms with Gasteiger partial charge in [-0.1, -0.05) is 6.07 Å². The van der Waals surface area contributed by atoms with E-state index in [4.69, 9.17) is 0 Å². The molecule has 0 aliphatic carbocycles.